The zero-order valence-electron chi connectivity index (χ0n) is 11.8. The lowest BCUT2D eigenvalue weighted by Crippen LogP contribution is -2.17. The third-order valence-electron chi connectivity index (χ3n) is 2.84. The molecule has 1 rings (SSSR count). The van der Waals surface area contributed by atoms with Crippen molar-refractivity contribution in [3.05, 3.63) is 29.3 Å². The van der Waals surface area contributed by atoms with E-state index in [1.54, 1.807) is 32.0 Å². The summed E-state index contributed by atoms with van der Waals surface area (Å²) in [5.74, 6) is 0.323. The Labute approximate surface area is 114 Å². The van der Waals surface area contributed by atoms with Gasteiger partial charge in [0, 0.05) is 11.1 Å². The number of benzene rings is 1. The number of hydrogen-bond donors (Lipinski definition) is 0. The molecular formula is C14H20O4S. The standard InChI is InChI=1S/C14H20O4S/c1-5-18-14-7-6-12(11(4)15)8-13(14)9-19(16,17)10(2)3/h6-8,10H,5,9H2,1-4H3. The Kier molecular flexibility index (Phi) is 5.11. The summed E-state index contributed by atoms with van der Waals surface area (Å²) in [5.41, 5.74) is 1.04. The number of hydrogen-bond acceptors (Lipinski definition) is 4. The fourth-order valence-electron chi connectivity index (χ4n) is 1.59. The third-order valence-corrected chi connectivity index (χ3v) is 4.99. The van der Waals surface area contributed by atoms with Crippen molar-refractivity contribution < 1.29 is 17.9 Å². The highest BCUT2D eigenvalue weighted by atomic mass is 32.2. The van der Waals surface area contributed by atoms with Crippen LogP contribution in [0.3, 0.4) is 0 Å². The minimum absolute atomic E-state index is 0.0914. The highest BCUT2D eigenvalue weighted by molar-refractivity contribution is 7.91. The Hall–Kier alpha value is -1.36. The van der Waals surface area contributed by atoms with E-state index in [-0.39, 0.29) is 11.5 Å². The highest BCUT2D eigenvalue weighted by Gasteiger charge is 2.20. The quantitative estimate of drug-likeness (QED) is 0.753. The second-order valence-electron chi connectivity index (χ2n) is 4.67. The van der Waals surface area contributed by atoms with Gasteiger partial charge in [-0.25, -0.2) is 8.42 Å². The van der Waals surface area contributed by atoms with Gasteiger partial charge in [-0.3, -0.25) is 4.79 Å². The van der Waals surface area contributed by atoms with Gasteiger partial charge in [-0.1, -0.05) is 0 Å². The maximum absolute atomic E-state index is 12.0. The molecule has 0 spiro atoms. The second-order valence-corrected chi connectivity index (χ2v) is 7.22. The minimum atomic E-state index is -3.23. The highest BCUT2D eigenvalue weighted by Crippen LogP contribution is 2.24. The fourth-order valence-corrected chi connectivity index (χ4v) is 2.58. The van der Waals surface area contributed by atoms with Crippen LogP contribution < -0.4 is 4.74 Å². The number of carbonyl (C=O) groups is 1. The molecule has 0 saturated heterocycles. The van der Waals surface area contributed by atoms with Crippen LogP contribution in [0.5, 0.6) is 5.75 Å². The topological polar surface area (TPSA) is 60.4 Å². The van der Waals surface area contributed by atoms with E-state index < -0.39 is 15.1 Å². The SMILES string of the molecule is CCOc1ccc(C(C)=O)cc1CS(=O)(=O)C(C)C. The van der Waals surface area contributed by atoms with Gasteiger partial charge in [0.1, 0.15) is 5.75 Å². The average Bonchev–Trinajstić information content (AvgIpc) is 2.30. The van der Waals surface area contributed by atoms with Gasteiger partial charge in [0.05, 0.1) is 17.6 Å². The Morgan fingerprint density at radius 3 is 2.42 bits per heavy atom. The lowest BCUT2D eigenvalue weighted by atomic mass is 10.1. The van der Waals surface area contributed by atoms with E-state index in [9.17, 15) is 13.2 Å². The van der Waals surface area contributed by atoms with E-state index in [1.165, 1.54) is 6.92 Å². The molecule has 0 fully saturated rings. The largest absolute Gasteiger partial charge is 0.494 e. The summed E-state index contributed by atoms with van der Waals surface area (Å²) in [4.78, 5) is 11.4. The molecule has 0 saturated carbocycles. The van der Waals surface area contributed by atoms with E-state index in [4.69, 9.17) is 4.74 Å². The van der Waals surface area contributed by atoms with Crippen molar-refractivity contribution in [2.75, 3.05) is 6.61 Å². The molecule has 0 N–H and O–H groups in total. The Morgan fingerprint density at radius 1 is 1.32 bits per heavy atom. The molecule has 4 nitrogen and oxygen atoms in total. The van der Waals surface area contributed by atoms with Crippen molar-refractivity contribution in [1.82, 2.24) is 0 Å². The molecule has 0 bridgehead atoms. The summed E-state index contributed by atoms with van der Waals surface area (Å²) in [6.07, 6.45) is 0. The van der Waals surface area contributed by atoms with Crippen LogP contribution in [0.15, 0.2) is 18.2 Å². The van der Waals surface area contributed by atoms with Crippen molar-refractivity contribution in [3.63, 3.8) is 0 Å². The number of sulfone groups is 1. The number of Topliss-reactive ketones (excluding diaryl/α,β-unsaturated/α-hetero) is 1. The normalized spacial score (nSPS) is 11.6. The molecule has 0 heterocycles. The predicted octanol–water partition coefficient (Wildman–Crippen LogP) is 2.61. The molecule has 0 aliphatic heterocycles. The van der Waals surface area contributed by atoms with Crippen molar-refractivity contribution in [3.8, 4) is 5.75 Å². The van der Waals surface area contributed by atoms with Crippen LogP contribution in [0, 0.1) is 0 Å². The molecular weight excluding hydrogens is 264 g/mol. The first-order valence-electron chi connectivity index (χ1n) is 6.26. The molecule has 0 atom stereocenters. The Bertz CT molecular complexity index is 559. The van der Waals surface area contributed by atoms with Crippen LogP contribution in [0.1, 0.15) is 43.6 Å². The van der Waals surface area contributed by atoms with Gasteiger partial charge >= 0.3 is 0 Å². The summed E-state index contributed by atoms with van der Waals surface area (Å²) in [7, 11) is -3.23. The number of ether oxygens (including phenoxy) is 1. The second kappa shape index (κ2) is 6.19. The summed E-state index contributed by atoms with van der Waals surface area (Å²) in [6, 6.07) is 4.91. The predicted molar refractivity (Wildman–Crippen MR) is 75.4 cm³/mol. The zero-order valence-corrected chi connectivity index (χ0v) is 12.6. The Morgan fingerprint density at radius 2 is 1.95 bits per heavy atom. The summed E-state index contributed by atoms with van der Waals surface area (Å²) >= 11 is 0. The molecule has 0 aliphatic rings. The maximum Gasteiger partial charge on any atom is 0.159 e. The van der Waals surface area contributed by atoms with E-state index >= 15 is 0 Å². The molecule has 1 aromatic rings. The molecule has 0 aliphatic carbocycles. The first-order valence-corrected chi connectivity index (χ1v) is 7.97. The van der Waals surface area contributed by atoms with E-state index in [2.05, 4.69) is 0 Å². The van der Waals surface area contributed by atoms with Gasteiger partial charge in [0.2, 0.25) is 0 Å². The van der Waals surface area contributed by atoms with Crippen LogP contribution in [0.4, 0.5) is 0 Å². The molecule has 0 radical (unpaired) electrons. The van der Waals surface area contributed by atoms with Crippen molar-refractivity contribution >= 4 is 15.6 Å². The number of carbonyl (C=O) groups excluding carboxylic acids is 1. The smallest absolute Gasteiger partial charge is 0.159 e. The summed E-state index contributed by atoms with van der Waals surface area (Å²) in [5, 5.41) is -0.456. The van der Waals surface area contributed by atoms with Gasteiger partial charge in [0.15, 0.2) is 15.6 Å². The average molecular weight is 284 g/mol. The van der Waals surface area contributed by atoms with E-state index in [0.717, 1.165) is 0 Å². The maximum atomic E-state index is 12.0. The molecule has 19 heavy (non-hydrogen) atoms. The monoisotopic (exact) mass is 284 g/mol. The van der Waals surface area contributed by atoms with Gasteiger partial charge in [-0.15, -0.1) is 0 Å². The zero-order chi connectivity index (χ0) is 14.6. The first kappa shape index (κ1) is 15.7. The molecule has 0 unspecified atom stereocenters. The summed E-state index contributed by atoms with van der Waals surface area (Å²) in [6.45, 7) is 7.03. The van der Waals surface area contributed by atoms with Crippen molar-refractivity contribution in [2.24, 2.45) is 0 Å². The molecule has 5 heteroatoms. The summed E-state index contributed by atoms with van der Waals surface area (Å²) < 4.78 is 29.4. The molecule has 0 amide bonds. The van der Waals surface area contributed by atoms with Gasteiger partial charge in [-0.05, 0) is 45.9 Å². The number of ketones is 1. The van der Waals surface area contributed by atoms with Gasteiger partial charge in [-0.2, -0.15) is 0 Å². The molecule has 1 aromatic carbocycles. The first-order chi connectivity index (χ1) is 8.77. The molecule has 106 valence electrons. The van der Waals surface area contributed by atoms with Crippen LogP contribution in [0.25, 0.3) is 0 Å². The van der Waals surface area contributed by atoms with Crippen LogP contribution in [-0.4, -0.2) is 26.1 Å². The van der Waals surface area contributed by atoms with Crippen molar-refractivity contribution in [2.45, 2.75) is 38.7 Å². The van der Waals surface area contributed by atoms with Crippen LogP contribution >= 0.6 is 0 Å². The van der Waals surface area contributed by atoms with Gasteiger partial charge < -0.3 is 4.74 Å². The lowest BCUT2D eigenvalue weighted by Gasteiger charge is -2.13. The van der Waals surface area contributed by atoms with Crippen molar-refractivity contribution in [1.29, 1.82) is 0 Å². The number of rotatable bonds is 6. The van der Waals surface area contributed by atoms with Crippen LogP contribution in [-0.2, 0) is 15.6 Å². The third kappa shape index (κ3) is 4.06. The molecule has 0 aromatic heterocycles. The van der Waals surface area contributed by atoms with E-state index in [1.807, 2.05) is 6.92 Å². The lowest BCUT2D eigenvalue weighted by molar-refractivity contribution is 0.101. The Balaban J connectivity index is 3.21. The minimum Gasteiger partial charge on any atom is -0.494 e. The van der Waals surface area contributed by atoms with E-state index in [0.29, 0.717) is 23.5 Å². The fraction of sp³-hybridized carbons (Fsp3) is 0.500. The van der Waals surface area contributed by atoms with Crippen LogP contribution in [0.2, 0.25) is 0 Å². The van der Waals surface area contributed by atoms with Gasteiger partial charge in [0.25, 0.3) is 0 Å².